The van der Waals surface area contributed by atoms with Crippen molar-refractivity contribution in [3.63, 3.8) is 0 Å². The van der Waals surface area contributed by atoms with Crippen LogP contribution in [0.25, 0.3) is 0 Å². The van der Waals surface area contributed by atoms with Gasteiger partial charge in [-0.1, -0.05) is 147 Å². The summed E-state index contributed by atoms with van der Waals surface area (Å²) in [7, 11) is 0. The molecule has 0 spiro atoms. The molecule has 0 unspecified atom stereocenters. The standard InChI is InChI=1S/C31H54O2/c1-3-5-7-9-11-13-15-18-24-30(25-19-16-14-12-10-8-6-4-2)28-33-31(32)27-26-29-22-20-17-21-23-29/h17,20-23,30H,3-16,18-19,24-28H2,1-2H3. The van der Waals surface area contributed by atoms with Crippen molar-refractivity contribution in [2.45, 2.75) is 142 Å². The molecule has 0 heterocycles. The molecule has 0 fully saturated rings. The van der Waals surface area contributed by atoms with Crippen molar-refractivity contribution < 1.29 is 9.53 Å². The molecule has 2 nitrogen and oxygen atoms in total. The molecule has 0 aliphatic heterocycles. The largest absolute Gasteiger partial charge is 0.465 e. The monoisotopic (exact) mass is 458 g/mol. The lowest BCUT2D eigenvalue weighted by molar-refractivity contribution is -0.145. The van der Waals surface area contributed by atoms with Crippen LogP contribution in [-0.2, 0) is 16.0 Å². The van der Waals surface area contributed by atoms with Crippen molar-refractivity contribution in [3.8, 4) is 0 Å². The first-order chi connectivity index (χ1) is 16.3. The van der Waals surface area contributed by atoms with Gasteiger partial charge in [-0.15, -0.1) is 0 Å². The zero-order valence-electron chi connectivity index (χ0n) is 22.1. The van der Waals surface area contributed by atoms with Gasteiger partial charge in [0.25, 0.3) is 0 Å². The molecular formula is C31H54O2. The van der Waals surface area contributed by atoms with E-state index in [1.54, 1.807) is 0 Å². The van der Waals surface area contributed by atoms with Gasteiger partial charge in [-0.3, -0.25) is 4.79 Å². The Morgan fingerprint density at radius 3 is 1.61 bits per heavy atom. The first-order valence-corrected chi connectivity index (χ1v) is 14.5. The maximum atomic E-state index is 12.3. The smallest absolute Gasteiger partial charge is 0.306 e. The fraction of sp³-hybridized carbons (Fsp3) is 0.774. The minimum absolute atomic E-state index is 0.0318. The van der Waals surface area contributed by atoms with Crippen LogP contribution in [0.4, 0.5) is 0 Å². The quantitative estimate of drug-likeness (QED) is 0.120. The van der Waals surface area contributed by atoms with E-state index in [9.17, 15) is 4.79 Å². The van der Waals surface area contributed by atoms with E-state index >= 15 is 0 Å². The summed E-state index contributed by atoms with van der Waals surface area (Å²) >= 11 is 0. The van der Waals surface area contributed by atoms with E-state index in [0.29, 0.717) is 18.9 Å². The number of carbonyl (C=O) groups is 1. The second kappa shape index (κ2) is 22.5. The number of hydrogen-bond donors (Lipinski definition) is 0. The van der Waals surface area contributed by atoms with Crippen molar-refractivity contribution >= 4 is 5.97 Å². The number of aryl methyl sites for hydroxylation is 1. The molecule has 0 aliphatic rings. The fourth-order valence-electron chi connectivity index (χ4n) is 4.62. The first kappa shape index (κ1) is 29.7. The molecule has 0 amide bonds. The van der Waals surface area contributed by atoms with Gasteiger partial charge in [-0.05, 0) is 30.7 Å². The summed E-state index contributed by atoms with van der Waals surface area (Å²) in [5.74, 6) is 0.515. The Morgan fingerprint density at radius 2 is 1.12 bits per heavy atom. The van der Waals surface area contributed by atoms with E-state index in [2.05, 4.69) is 26.0 Å². The van der Waals surface area contributed by atoms with Crippen LogP contribution in [0.1, 0.15) is 141 Å². The van der Waals surface area contributed by atoms with Gasteiger partial charge < -0.3 is 4.74 Å². The maximum Gasteiger partial charge on any atom is 0.306 e. The van der Waals surface area contributed by atoms with E-state index in [-0.39, 0.29) is 5.97 Å². The molecule has 1 aromatic rings. The van der Waals surface area contributed by atoms with E-state index < -0.39 is 0 Å². The molecule has 0 radical (unpaired) electrons. The Labute approximate surface area is 206 Å². The Hall–Kier alpha value is -1.31. The van der Waals surface area contributed by atoms with Crippen LogP contribution in [0, 0.1) is 5.92 Å². The van der Waals surface area contributed by atoms with Crippen molar-refractivity contribution in [1.82, 2.24) is 0 Å². The highest BCUT2D eigenvalue weighted by Crippen LogP contribution is 2.20. The average Bonchev–Trinajstić information content (AvgIpc) is 2.84. The topological polar surface area (TPSA) is 26.3 Å². The van der Waals surface area contributed by atoms with Crippen LogP contribution in [0.15, 0.2) is 30.3 Å². The van der Waals surface area contributed by atoms with Crippen molar-refractivity contribution in [2.75, 3.05) is 6.61 Å². The molecule has 0 saturated carbocycles. The third-order valence-electron chi connectivity index (χ3n) is 6.87. The first-order valence-electron chi connectivity index (χ1n) is 14.5. The van der Waals surface area contributed by atoms with Crippen LogP contribution < -0.4 is 0 Å². The third-order valence-corrected chi connectivity index (χ3v) is 6.87. The van der Waals surface area contributed by atoms with Crippen LogP contribution in [-0.4, -0.2) is 12.6 Å². The van der Waals surface area contributed by atoms with Crippen LogP contribution >= 0.6 is 0 Å². The van der Waals surface area contributed by atoms with Gasteiger partial charge in [0, 0.05) is 6.42 Å². The highest BCUT2D eigenvalue weighted by Gasteiger charge is 2.12. The maximum absolute atomic E-state index is 12.3. The molecule has 0 bridgehead atoms. The van der Waals surface area contributed by atoms with Crippen molar-refractivity contribution in [1.29, 1.82) is 0 Å². The molecule has 190 valence electrons. The Balaban J connectivity index is 2.23. The lowest BCUT2D eigenvalue weighted by Crippen LogP contribution is -2.15. The van der Waals surface area contributed by atoms with Gasteiger partial charge >= 0.3 is 5.97 Å². The lowest BCUT2D eigenvalue weighted by Gasteiger charge is -2.17. The van der Waals surface area contributed by atoms with Gasteiger partial charge in [0.05, 0.1) is 6.61 Å². The molecule has 2 heteroatoms. The summed E-state index contributed by atoms with van der Waals surface area (Å²) in [6, 6.07) is 10.2. The van der Waals surface area contributed by atoms with Gasteiger partial charge in [-0.25, -0.2) is 0 Å². The molecule has 0 aliphatic carbocycles. The van der Waals surface area contributed by atoms with Gasteiger partial charge in [-0.2, -0.15) is 0 Å². The molecule has 1 aromatic carbocycles. The molecule has 0 N–H and O–H groups in total. The number of unbranched alkanes of at least 4 members (excludes halogenated alkanes) is 14. The number of rotatable bonds is 23. The molecule has 1 rings (SSSR count). The minimum Gasteiger partial charge on any atom is -0.465 e. The third kappa shape index (κ3) is 18.8. The highest BCUT2D eigenvalue weighted by atomic mass is 16.5. The zero-order valence-corrected chi connectivity index (χ0v) is 22.1. The molecule has 0 atom stereocenters. The second-order valence-electron chi connectivity index (χ2n) is 10.1. The van der Waals surface area contributed by atoms with E-state index in [1.807, 2.05) is 18.2 Å². The SMILES string of the molecule is CCCCCCCCCCC(CCCCCCCCCC)COC(=O)CCc1ccccc1. The number of hydrogen-bond acceptors (Lipinski definition) is 2. The van der Waals surface area contributed by atoms with Crippen molar-refractivity contribution in [3.05, 3.63) is 35.9 Å². The molecule has 0 saturated heterocycles. The summed E-state index contributed by atoms with van der Waals surface area (Å²) < 4.78 is 5.73. The number of esters is 1. The fourth-order valence-corrected chi connectivity index (χ4v) is 4.62. The van der Waals surface area contributed by atoms with Crippen LogP contribution in [0.5, 0.6) is 0 Å². The molecule has 33 heavy (non-hydrogen) atoms. The number of carbonyl (C=O) groups excluding carboxylic acids is 1. The molecular weight excluding hydrogens is 404 g/mol. The van der Waals surface area contributed by atoms with E-state index in [4.69, 9.17) is 4.74 Å². The number of benzene rings is 1. The predicted octanol–water partition coefficient (Wildman–Crippen LogP) is 9.84. The number of ether oxygens (including phenoxy) is 1. The van der Waals surface area contributed by atoms with Gasteiger partial charge in [0.2, 0.25) is 0 Å². The lowest BCUT2D eigenvalue weighted by atomic mass is 9.94. The summed E-state index contributed by atoms with van der Waals surface area (Å²) in [6.45, 7) is 5.18. The predicted molar refractivity (Wildman–Crippen MR) is 144 cm³/mol. The van der Waals surface area contributed by atoms with Crippen molar-refractivity contribution in [2.24, 2.45) is 5.92 Å². The van der Waals surface area contributed by atoms with E-state index in [1.165, 1.54) is 121 Å². The molecule has 0 aromatic heterocycles. The average molecular weight is 459 g/mol. The van der Waals surface area contributed by atoms with Gasteiger partial charge in [0.1, 0.15) is 0 Å². The summed E-state index contributed by atoms with van der Waals surface area (Å²) in [5, 5.41) is 0. The second-order valence-corrected chi connectivity index (χ2v) is 10.1. The zero-order chi connectivity index (χ0) is 23.8. The Bertz CT molecular complexity index is 519. The van der Waals surface area contributed by atoms with Gasteiger partial charge in [0.15, 0.2) is 0 Å². The minimum atomic E-state index is -0.0318. The summed E-state index contributed by atoms with van der Waals surface area (Å²) in [4.78, 5) is 12.3. The summed E-state index contributed by atoms with van der Waals surface area (Å²) in [6.07, 6.45) is 25.5. The van der Waals surface area contributed by atoms with Crippen LogP contribution in [0.3, 0.4) is 0 Å². The Kier molecular flexibility index (Phi) is 20.2. The van der Waals surface area contributed by atoms with E-state index in [0.717, 1.165) is 6.42 Å². The van der Waals surface area contributed by atoms with Crippen LogP contribution in [0.2, 0.25) is 0 Å². The highest BCUT2D eigenvalue weighted by molar-refractivity contribution is 5.69. The normalized spacial score (nSPS) is 11.2. The summed E-state index contributed by atoms with van der Waals surface area (Å²) in [5.41, 5.74) is 1.21. The Morgan fingerprint density at radius 1 is 0.667 bits per heavy atom.